The van der Waals surface area contributed by atoms with E-state index in [9.17, 15) is 33.4 Å². The molecular weight excluding hydrogens is 484 g/mol. The van der Waals surface area contributed by atoms with Gasteiger partial charge in [-0.2, -0.15) is 0 Å². The summed E-state index contributed by atoms with van der Waals surface area (Å²) >= 11 is 0. The van der Waals surface area contributed by atoms with Crippen molar-refractivity contribution in [3.8, 4) is 0 Å². The fraction of sp³-hybridized carbons (Fsp3) is 1.00. The summed E-state index contributed by atoms with van der Waals surface area (Å²) < 4.78 is 40.4. The van der Waals surface area contributed by atoms with Crippen molar-refractivity contribution in [3.05, 3.63) is 0 Å². The smallest absolute Gasteiger partial charge is 0.218 e. The van der Waals surface area contributed by atoms with Crippen LogP contribution < -0.4 is 0 Å². The van der Waals surface area contributed by atoms with E-state index in [1.807, 2.05) is 6.92 Å². The van der Waals surface area contributed by atoms with Crippen LogP contribution in [0.4, 0.5) is 0 Å². The summed E-state index contributed by atoms with van der Waals surface area (Å²) in [5.74, 6) is -0.219. The van der Waals surface area contributed by atoms with Crippen LogP contribution in [0.5, 0.6) is 0 Å². The van der Waals surface area contributed by atoms with Crippen LogP contribution in [0.15, 0.2) is 0 Å². The number of aliphatic hydroxyl groups is 4. The lowest BCUT2D eigenvalue weighted by atomic mass is 9.42. The molecule has 4 saturated carbocycles. The normalized spacial score (nSPS) is 49.9. The molecule has 0 aromatic rings. The first-order valence-electron chi connectivity index (χ1n) is 14.0. The fourth-order valence-electron chi connectivity index (χ4n) is 9.62. The minimum Gasteiger partial charge on any atom is -0.726 e. The molecule has 3 unspecified atom stereocenters. The third-order valence-corrected chi connectivity index (χ3v) is 11.7. The van der Waals surface area contributed by atoms with Crippen LogP contribution in [0.1, 0.15) is 92.4 Å². The summed E-state index contributed by atoms with van der Waals surface area (Å²) in [4.78, 5) is 0. The summed E-state index contributed by atoms with van der Waals surface area (Å²) in [5, 5.41) is 44.9. The van der Waals surface area contributed by atoms with Crippen LogP contribution in [-0.4, -0.2) is 63.4 Å². The first kappa shape index (κ1) is 28.7. The van der Waals surface area contributed by atoms with Gasteiger partial charge in [-0.3, -0.25) is 4.18 Å². The molecule has 4 aliphatic carbocycles. The Morgan fingerprint density at radius 3 is 2.33 bits per heavy atom. The molecule has 0 aromatic carbocycles. The van der Waals surface area contributed by atoms with Gasteiger partial charge in [0.05, 0.1) is 23.9 Å². The minimum absolute atomic E-state index is 0.00521. The fourth-order valence-corrected chi connectivity index (χ4v) is 10.1. The van der Waals surface area contributed by atoms with E-state index in [0.717, 1.165) is 32.1 Å². The van der Waals surface area contributed by atoms with E-state index >= 15 is 0 Å². The third-order valence-electron chi connectivity index (χ3n) is 11.2. The van der Waals surface area contributed by atoms with E-state index < -0.39 is 51.2 Å². The lowest BCUT2D eigenvalue weighted by Gasteiger charge is -2.65. The van der Waals surface area contributed by atoms with Crippen molar-refractivity contribution in [2.24, 2.45) is 46.3 Å². The molecule has 0 bridgehead atoms. The molecule has 0 radical (unpaired) electrons. The van der Waals surface area contributed by atoms with Crippen LogP contribution in [0.2, 0.25) is 0 Å². The summed E-state index contributed by atoms with van der Waals surface area (Å²) in [5.41, 5.74) is -2.49. The van der Waals surface area contributed by atoms with Gasteiger partial charge >= 0.3 is 0 Å². The van der Waals surface area contributed by atoms with Gasteiger partial charge in [0.1, 0.15) is 6.10 Å². The molecule has 210 valence electrons. The summed E-state index contributed by atoms with van der Waals surface area (Å²) in [6, 6.07) is 0. The summed E-state index contributed by atoms with van der Waals surface area (Å²) in [6.45, 7) is 10.5. The molecule has 4 aliphatic rings. The van der Waals surface area contributed by atoms with E-state index in [0.29, 0.717) is 18.8 Å². The average Bonchev–Trinajstić information content (AvgIpc) is 2.95. The van der Waals surface area contributed by atoms with Crippen molar-refractivity contribution in [1.29, 1.82) is 0 Å². The Bertz CT molecular complexity index is 909. The maximum absolute atomic E-state index is 11.8. The van der Waals surface area contributed by atoms with E-state index in [1.54, 1.807) is 0 Å². The zero-order valence-electron chi connectivity index (χ0n) is 22.5. The van der Waals surface area contributed by atoms with Crippen molar-refractivity contribution in [2.45, 2.75) is 122 Å². The second-order valence-corrected chi connectivity index (χ2v) is 14.6. The molecule has 4 fully saturated rings. The van der Waals surface area contributed by atoms with Gasteiger partial charge in [-0.25, -0.2) is 8.42 Å². The number of hydrogen-bond acceptors (Lipinski definition) is 8. The van der Waals surface area contributed by atoms with Crippen LogP contribution in [-0.2, 0) is 14.6 Å². The molecule has 9 heteroatoms. The molecular formula is C27H47O8S-. The van der Waals surface area contributed by atoms with Gasteiger partial charge in [0.25, 0.3) is 0 Å². The molecule has 0 aromatic heterocycles. The van der Waals surface area contributed by atoms with Gasteiger partial charge < -0.3 is 25.0 Å². The second kappa shape index (κ2) is 9.72. The quantitative estimate of drug-likeness (QED) is 0.290. The highest BCUT2D eigenvalue weighted by atomic mass is 32.3. The van der Waals surface area contributed by atoms with Gasteiger partial charge in [0.15, 0.2) is 0 Å². The number of fused-ring (bicyclic) bond motifs is 5. The van der Waals surface area contributed by atoms with E-state index in [2.05, 4.69) is 27.7 Å². The van der Waals surface area contributed by atoms with Crippen molar-refractivity contribution in [3.63, 3.8) is 0 Å². The molecule has 0 spiro atoms. The SMILES string of the molecule is CC(C)CCC[C@@H](C)[C@H]1[C@@H](OS(=O)(=O)[O-])[C@H](O)C2C3C[C@@H](O)[C@@]4(O)C[C@@H](O)CC[C@]4(C)C3CC[C@@]21C. The Balaban J connectivity index is 1.70. The van der Waals surface area contributed by atoms with Crippen molar-refractivity contribution in [1.82, 2.24) is 0 Å². The van der Waals surface area contributed by atoms with Crippen molar-refractivity contribution >= 4 is 10.4 Å². The Hall–Kier alpha value is -0.290. The number of rotatable bonds is 7. The molecule has 8 nitrogen and oxygen atoms in total. The third kappa shape index (κ3) is 4.58. The highest BCUT2D eigenvalue weighted by molar-refractivity contribution is 7.80. The number of hydrogen-bond donors (Lipinski definition) is 4. The number of aliphatic hydroxyl groups excluding tert-OH is 3. The monoisotopic (exact) mass is 531 g/mol. The molecule has 12 atom stereocenters. The lowest BCUT2D eigenvalue weighted by molar-refractivity contribution is -0.268. The molecule has 36 heavy (non-hydrogen) atoms. The maximum Gasteiger partial charge on any atom is 0.218 e. The first-order chi connectivity index (χ1) is 16.5. The Morgan fingerprint density at radius 2 is 1.72 bits per heavy atom. The first-order valence-corrected chi connectivity index (χ1v) is 15.3. The van der Waals surface area contributed by atoms with E-state index in [1.165, 1.54) is 0 Å². The largest absolute Gasteiger partial charge is 0.726 e. The van der Waals surface area contributed by atoms with Gasteiger partial charge in [0.2, 0.25) is 10.4 Å². The highest BCUT2D eigenvalue weighted by Gasteiger charge is 2.71. The maximum atomic E-state index is 11.8. The van der Waals surface area contributed by atoms with Crippen LogP contribution in [0.3, 0.4) is 0 Å². The van der Waals surface area contributed by atoms with Crippen LogP contribution >= 0.6 is 0 Å². The van der Waals surface area contributed by atoms with Gasteiger partial charge in [0, 0.05) is 11.8 Å². The van der Waals surface area contributed by atoms with E-state index in [-0.39, 0.29) is 42.4 Å². The zero-order valence-corrected chi connectivity index (χ0v) is 23.3. The van der Waals surface area contributed by atoms with Crippen molar-refractivity contribution in [2.75, 3.05) is 0 Å². The Kier molecular flexibility index (Phi) is 7.75. The minimum atomic E-state index is -5.02. The molecule has 0 aliphatic heterocycles. The van der Waals surface area contributed by atoms with Crippen molar-refractivity contribution < 1.29 is 37.6 Å². The van der Waals surface area contributed by atoms with Crippen LogP contribution in [0, 0.1) is 46.3 Å². The zero-order chi connectivity index (χ0) is 26.8. The summed E-state index contributed by atoms with van der Waals surface area (Å²) in [7, 11) is -5.02. The average molecular weight is 532 g/mol. The van der Waals surface area contributed by atoms with Gasteiger partial charge in [-0.05, 0) is 73.0 Å². The topological polar surface area (TPSA) is 147 Å². The molecule has 0 heterocycles. The lowest BCUT2D eigenvalue weighted by Crippen LogP contribution is -2.69. The molecule has 0 amide bonds. The van der Waals surface area contributed by atoms with Crippen LogP contribution in [0.25, 0.3) is 0 Å². The Labute approximate surface area is 216 Å². The summed E-state index contributed by atoms with van der Waals surface area (Å²) in [6.07, 6.45) is 1.91. The van der Waals surface area contributed by atoms with Gasteiger partial charge in [-0.15, -0.1) is 0 Å². The van der Waals surface area contributed by atoms with E-state index in [4.69, 9.17) is 4.18 Å². The second-order valence-electron chi connectivity index (χ2n) is 13.6. The Morgan fingerprint density at radius 1 is 1.06 bits per heavy atom. The predicted molar refractivity (Wildman–Crippen MR) is 133 cm³/mol. The van der Waals surface area contributed by atoms with Gasteiger partial charge in [-0.1, -0.05) is 53.9 Å². The predicted octanol–water partition coefficient (Wildman–Crippen LogP) is 2.98. The molecule has 4 N–H and O–H groups in total. The molecule has 0 saturated heterocycles. The highest BCUT2D eigenvalue weighted by Crippen LogP contribution is 2.69. The standard InChI is InChI=1S/C27H48O8S/c1-15(2)7-6-8-16(3)21-24(35-36(32,33)34)23(30)22-18-13-20(29)27(31)14-17(28)9-12-26(27,5)19(18)10-11-25(21,22)4/h15-24,28-31H,6-14H2,1-5H3,(H,32,33,34)/p-1/t16-,17+,18?,19?,20-,21+,22?,23-,24-,25-,26-,27+/m1/s1. The molecule has 4 rings (SSSR count).